The minimum absolute atomic E-state index is 0.104. The van der Waals surface area contributed by atoms with E-state index in [4.69, 9.17) is 18.8 Å². The summed E-state index contributed by atoms with van der Waals surface area (Å²) in [7, 11) is -3.44. The number of ether oxygens (including phenoxy) is 2. The average molecular weight is 493 g/mol. The fraction of sp³-hybridized carbons (Fsp3) is 0.565. The zero-order chi connectivity index (χ0) is 24.1. The molecule has 3 aromatic rings. The fourth-order valence-corrected chi connectivity index (χ4v) is 4.81. The first kappa shape index (κ1) is 24.6. The van der Waals surface area contributed by atoms with Crippen molar-refractivity contribution in [3.8, 4) is 17.0 Å². The molecule has 0 aliphatic carbocycles. The lowest BCUT2D eigenvalue weighted by atomic mass is 10.1. The lowest BCUT2D eigenvalue weighted by molar-refractivity contribution is -0.0365. The predicted octanol–water partition coefficient (Wildman–Crippen LogP) is 3.47. The van der Waals surface area contributed by atoms with Crippen LogP contribution in [0.4, 0.5) is 0 Å². The second-order valence-electron chi connectivity index (χ2n) is 8.67. The highest BCUT2D eigenvalue weighted by atomic mass is 32.2. The Kier molecular flexibility index (Phi) is 7.87. The Hall–Kier alpha value is -2.47. The van der Waals surface area contributed by atoms with Gasteiger partial charge in [-0.05, 0) is 57.2 Å². The normalized spacial score (nSPS) is 17.9. The maximum Gasteiger partial charge on any atom is 0.264 e. The molecule has 0 bridgehead atoms. The first-order valence-electron chi connectivity index (χ1n) is 11.6. The fourth-order valence-electron chi connectivity index (χ4n) is 4.11. The molecule has 1 fully saturated rings. The van der Waals surface area contributed by atoms with E-state index in [0.717, 1.165) is 60.7 Å². The largest absolute Gasteiger partial charge is 0.508 e. The number of fused-ring (bicyclic) bond motifs is 1. The van der Waals surface area contributed by atoms with Crippen molar-refractivity contribution in [3.05, 3.63) is 30.6 Å². The molecule has 186 valence electrons. The van der Waals surface area contributed by atoms with E-state index in [1.54, 1.807) is 25.3 Å². The first-order valence-corrected chi connectivity index (χ1v) is 13.4. The third kappa shape index (κ3) is 6.35. The summed E-state index contributed by atoms with van der Waals surface area (Å²) in [6.07, 6.45) is 8.60. The standard InChI is InChI=1S/C23H32N4O6S/c1-17(33-34(2,29)30)9-13-31-11-5-10-26-16-18(15-24-26)23-20-14-19(28)7-8-21(20)27(25-23)22-6-3-4-12-32-22/h7-8,14-17,22,28H,3-6,9-13H2,1-2H3/t17-,22?/m1/s1. The highest BCUT2D eigenvalue weighted by Gasteiger charge is 2.22. The van der Waals surface area contributed by atoms with Crippen molar-refractivity contribution >= 4 is 21.0 Å². The van der Waals surface area contributed by atoms with Crippen LogP contribution in [0.3, 0.4) is 0 Å². The van der Waals surface area contributed by atoms with Gasteiger partial charge in [-0.25, -0.2) is 4.68 Å². The van der Waals surface area contributed by atoms with E-state index < -0.39 is 16.2 Å². The zero-order valence-corrected chi connectivity index (χ0v) is 20.4. The molecule has 1 aliphatic heterocycles. The monoisotopic (exact) mass is 492 g/mol. The van der Waals surface area contributed by atoms with Crippen LogP contribution in [0.5, 0.6) is 5.75 Å². The van der Waals surface area contributed by atoms with Crippen LogP contribution in [0, 0.1) is 0 Å². The van der Waals surface area contributed by atoms with Crippen molar-refractivity contribution in [1.82, 2.24) is 19.6 Å². The number of phenolic OH excluding ortho intramolecular Hbond substituents is 1. The minimum Gasteiger partial charge on any atom is -0.508 e. The summed E-state index contributed by atoms with van der Waals surface area (Å²) in [6, 6.07) is 5.28. The van der Waals surface area contributed by atoms with E-state index in [9.17, 15) is 13.5 Å². The van der Waals surface area contributed by atoms with E-state index in [2.05, 4.69) is 5.10 Å². The van der Waals surface area contributed by atoms with E-state index in [1.807, 2.05) is 21.6 Å². The summed E-state index contributed by atoms with van der Waals surface area (Å²) in [5.74, 6) is 0.193. The molecule has 2 aromatic heterocycles. The highest BCUT2D eigenvalue weighted by Crippen LogP contribution is 2.34. The van der Waals surface area contributed by atoms with Gasteiger partial charge in [0.25, 0.3) is 10.1 Å². The van der Waals surface area contributed by atoms with Crippen LogP contribution in [0.2, 0.25) is 0 Å². The molecular formula is C23H32N4O6S. The maximum absolute atomic E-state index is 11.1. The number of aryl methyl sites for hydroxylation is 1. The summed E-state index contributed by atoms with van der Waals surface area (Å²) in [6.45, 7) is 4.07. The molecule has 3 heterocycles. The molecule has 1 aliphatic rings. The second kappa shape index (κ2) is 10.9. The van der Waals surface area contributed by atoms with Gasteiger partial charge < -0.3 is 14.6 Å². The number of nitrogens with zero attached hydrogens (tertiary/aromatic N) is 4. The lowest BCUT2D eigenvalue weighted by Crippen LogP contribution is -2.19. The molecular weight excluding hydrogens is 460 g/mol. The molecule has 0 amide bonds. The molecule has 1 N–H and O–H groups in total. The van der Waals surface area contributed by atoms with Gasteiger partial charge in [0.05, 0.1) is 24.1 Å². The van der Waals surface area contributed by atoms with Crippen LogP contribution >= 0.6 is 0 Å². The van der Waals surface area contributed by atoms with E-state index in [0.29, 0.717) is 26.2 Å². The molecule has 1 saturated heterocycles. The Labute approximate surface area is 199 Å². The first-order chi connectivity index (χ1) is 16.3. The number of hydrogen-bond donors (Lipinski definition) is 1. The summed E-state index contributed by atoms with van der Waals surface area (Å²) >= 11 is 0. The number of benzene rings is 1. The van der Waals surface area contributed by atoms with Gasteiger partial charge >= 0.3 is 0 Å². The van der Waals surface area contributed by atoms with Crippen molar-refractivity contribution in [2.45, 2.75) is 57.9 Å². The summed E-state index contributed by atoms with van der Waals surface area (Å²) in [5, 5.41) is 20.2. The van der Waals surface area contributed by atoms with Crippen LogP contribution in [-0.2, 0) is 30.3 Å². The van der Waals surface area contributed by atoms with Gasteiger partial charge in [0, 0.05) is 43.5 Å². The van der Waals surface area contributed by atoms with Crippen molar-refractivity contribution in [2.75, 3.05) is 26.1 Å². The van der Waals surface area contributed by atoms with Crippen LogP contribution < -0.4 is 0 Å². The molecule has 0 saturated carbocycles. The van der Waals surface area contributed by atoms with Gasteiger partial charge in [0.15, 0.2) is 6.23 Å². The summed E-state index contributed by atoms with van der Waals surface area (Å²) in [4.78, 5) is 0. The molecule has 2 atom stereocenters. The quantitative estimate of drug-likeness (QED) is 0.319. The molecule has 10 nitrogen and oxygen atoms in total. The van der Waals surface area contributed by atoms with Crippen LogP contribution in [0.1, 0.15) is 45.3 Å². The van der Waals surface area contributed by atoms with Crippen LogP contribution in [-0.4, -0.2) is 65.3 Å². The second-order valence-corrected chi connectivity index (χ2v) is 10.3. The van der Waals surface area contributed by atoms with E-state index in [1.165, 1.54) is 0 Å². The van der Waals surface area contributed by atoms with E-state index >= 15 is 0 Å². The third-order valence-electron chi connectivity index (χ3n) is 5.71. The Balaban J connectivity index is 1.35. The minimum atomic E-state index is -3.44. The molecule has 1 aromatic carbocycles. The van der Waals surface area contributed by atoms with Gasteiger partial charge in [-0.15, -0.1) is 0 Å². The summed E-state index contributed by atoms with van der Waals surface area (Å²) in [5.41, 5.74) is 2.56. The predicted molar refractivity (Wildman–Crippen MR) is 127 cm³/mol. The maximum atomic E-state index is 11.1. The van der Waals surface area contributed by atoms with Crippen molar-refractivity contribution < 1.29 is 27.2 Å². The van der Waals surface area contributed by atoms with Gasteiger partial charge in [-0.2, -0.15) is 18.6 Å². The smallest absolute Gasteiger partial charge is 0.264 e. The average Bonchev–Trinajstić information content (AvgIpc) is 3.40. The van der Waals surface area contributed by atoms with Gasteiger partial charge in [-0.1, -0.05) is 0 Å². The summed E-state index contributed by atoms with van der Waals surface area (Å²) < 4.78 is 42.4. The van der Waals surface area contributed by atoms with Crippen LogP contribution in [0.15, 0.2) is 30.6 Å². The SMILES string of the molecule is C[C@H](CCOCCCn1cc(-c2nn(C3CCCCO3)c3ccc(O)cc23)cn1)OS(C)(=O)=O. The number of aromatic hydroxyl groups is 1. The Morgan fingerprint density at radius 1 is 1.29 bits per heavy atom. The number of phenols is 1. The lowest BCUT2D eigenvalue weighted by Gasteiger charge is -2.23. The van der Waals surface area contributed by atoms with Crippen LogP contribution in [0.25, 0.3) is 22.2 Å². The highest BCUT2D eigenvalue weighted by molar-refractivity contribution is 7.86. The van der Waals surface area contributed by atoms with Crippen molar-refractivity contribution in [3.63, 3.8) is 0 Å². The van der Waals surface area contributed by atoms with Crippen molar-refractivity contribution in [2.24, 2.45) is 0 Å². The van der Waals surface area contributed by atoms with Crippen molar-refractivity contribution in [1.29, 1.82) is 0 Å². The molecule has 11 heteroatoms. The Morgan fingerprint density at radius 2 is 2.15 bits per heavy atom. The Morgan fingerprint density at radius 3 is 2.91 bits per heavy atom. The number of rotatable bonds is 11. The third-order valence-corrected chi connectivity index (χ3v) is 6.39. The number of hydrogen-bond acceptors (Lipinski definition) is 8. The number of aromatic nitrogens is 4. The van der Waals surface area contributed by atoms with Gasteiger partial charge in [0.1, 0.15) is 11.4 Å². The molecule has 1 unspecified atom stereocenters. The molecule has 34 heavy (non-hydrogen) atoms. The molecule has 0 radical (unpaired) electrons. The van der Waals surface area contributed by atoms with Gasteiger partial charge in [0.2, 0.25) is 0 Å². The molecule has 0 spiro atoms. The van der Waals surface area contributed by atoms with Gasteiger partial charge in [-0.3, -0.25) is 8.86 Å². The zero-order valence-electron chi connectivity index (χ0n) is 19.6. The topological polar surface area (TPSA) is 118 Å². The van der Waals surface area contributed by atoms with E-state index in [-0.39, 0.29) is 12.0 Å². The molecule has 4 rings (SSSR count). The Bertz CT molecular complexity index is 1200.